The van der Waals surface area contributed by atoms with E-state index in [0.717, 1.165) is 12.0 Å². The summed E-state index contributed by atoms with van der Waals surface area (Å²) in [6.07, 6.45) is 6.95. The number of nitrogens with one attached hydrogen (secondary N) is 1. The van der Waals surface area contributed by atoms with Crippen molar-refractivity contribution < 1.29 is 9.90 Å². The summed E-state index contributed by atoms with van der Waals surface area (Å²) in [5.41, 5.74) is 1.01. The van der Waals surface area contributed by atoms with Crippen LogP contribution in [0.4, 0.5) is 0 Å². The molecule has 0 amide bonds. The van der Waals surface area contributed by atoms with E-state index in [1.54, 1.807) is 12.3 Å². The average molecular weight is 316 g/mol. The van der Waals surface area contributed by atoms with E-state index in [1.165, 1.54) is 6.20 Å². The number of nitrogens with zero attached hydrogens (tertiary/aromatic N) is 3. The van der Waals surface area contributed by atoms with Gasteiger partial charge in [-0.1, -0.05) is 6.92 Å². The van der Waals surface area contributed by atoms with E-state index >= 15 is 0 Å². The summed E-state index contributed by atoms with van der Waals surface area (Å²) in [6, 6.07) is 1.76. The molecule has 0 saturated heterocycles. The highest BCUT2D eigenvalue weighted by atomic mass is 16.3. The van der Waals surface area contributed by atoms with Crippen molar-refractivity contribution in [3.05, 3.63) is 29.6 Å². The van der Waals surface area contributed by atoms with Crippen molar-refractivity contribution in [2.45, 2.75) is 52.0 Å². The molecule has 0 aliphatic carbocycles. The number of nitriles is 1. The van der Waals surface area contributed by atoms with Gasteiger partial charge in [0.15, 0.2) is 12.0 Å². The number of hydrogen-bond acceptors (Lipinski definition) is 5. The Morgan fingerprint density at radius 1 is 1.52 bits per heavy atom. The molecule has 0 fully saturated rings. The molecule has 0 unspecified atom stereocenters. The second-order valence-corrected chi connectivity index (χ2v) is 5.92. The Hall–Kier alpha value is -2.26. The zero-order valence-corrected chi connectivity index (χ0v) is 14.0. The molecule has 1 heterocycles. The van der Waals surface area contributed by atoms with E-state index in [0.29, 0.717) is 24.2 Å². The van der Waals surface area contributed by atoms with Crippen molar-refractivity contribution in [2.75, 3.05) is 6.61 Å². The number of rotatable bonds is 8. The van der Waals surface area contributed by atoms with Gasteiger partial charge >= 0.3 is 0 Å². The van der Waals surface area contributed by atoms with Crippen LogP contribution in [-0.4, -0.2) is 33.9 Å². The zero-order valence-electron chi connectivity index (χ0n) is 14.0. The first kappa shape index (κ1) is 18.8. The molecule has 2 N–H and O–H groups in total. The maximum Gasteiger partial charge on any atom is 0.182 e. The molecule has 0 aromatic carbocycles. The number of hydrogen-bond donors (Lipinski definition) is 2. The van der Waals surface area contributed by atoms with Gasteiger partial charge in [0.25, 0.3) is 0 Å². The lowest BCUT2D eigenvalue weighted by atomic mass is 9.99. The molecule has 124 valence electrons. The zero-order chi connectivity index (χ0) is 17.3. The molecule has 0 radical (unpaired) electrons. The molecule has 1 rings (SSSR count). The maximum atomic E-state index is 12.2. The number of aromatic nitrogens is 1. The highest BCUT2D eigenvalue weighted by molar-refractivity contribution is 5.99. The second-order valence-electron chi connectivity index (χ2n) is 5.92. The van der Waals surface area contributed by atoms with Gasteiger partial charge in [-0.25, -0.2) is 0 Å². The van der Waals surface area contributed by atoms with Gasteiger partial charge in [-0.05, 0) is 38.3 Å². The minimum absolute atomic E-state index is 0.0191. The number of aliphatic hydroxyl groups is 1. The number of aliphatic hydroxyl groups excluding tert-OH is 1. The Morgan fingerprint density at radius 2 is 2.26 bits per heavy atom. The van der Waals surface area contributed by atoms with E-state index in [2.05, 4.69) is 15.3 Å². The van der Waals surface area contributed by atoms with E-state index in [4.69, 9.17) is 10.4 Å². The van der Waals surface area contributed by atoms with Crippen LogP contribution in [0.5, 0.6) is 0 Å². The SMILES string of the molecule is CCC(C)(C)N=C(Cc1ccncc1C(=O)CCCO)NC#N. The lowest BCUT2D eigenvalue weighted by Gasteiger charge is -2.19. The average Bonchev–Trinajstić information content (AvgIpc) is 2.53. The molecule has 23 heavy (non-hydrogen) atoms. The number of carbonyl (C=O) groups excluding carboxylic acids is 1. The molecule has 6 heteroatoms. The van der Waals surface area contributed by atoms with Crippen molar-refractivity contribution >= 4 is 11.6 Å². The first-order valence-corrected chi connectivity index (χ1v) is 7.74. The normalized spacial score (nSPS) is 11.9. The minimum atomic E-state index is -0.284. The fourth-order valence-electron chi connectivity index (χ4n) is 2.00. The van der Waals surface area contributed by atoms with E-state index in [9.17, 15) is 4.79 Å². The molecule has 6 nitrogen and oxygen atoms in total. The predicted octanol–water partition coefficient (Wildman–Crippen LogP) is 2.24. The largest absolute Gasteiger partial charge is 0.396 e. The van der Waals surface area contributed by atoms with Gasteiger partial charge < -0.3 is 5.11 Å². The predicted molar refractivity (Wildman–Crippen MR) is 89.1 cm³/mol. The molecule has 0 bridgehead atoms. The summed E-state index contributed by atoms with van der Waals surface area (Å²) in [5, 5.41) is 20.4. The topological polar surface area (TPSA) is 98.4 Å². The van der Waals surface area contributed by atoms with E-state index in [1.807, 2.05) is 27.0 Å². The molecular formula is C17H24N4O2. The summed E-state index contributed by atoms with van der Waals surface area (Å²) in [4.78, 5) is 20.8. The molecule has 0 aliphatic rings. The van der Waals surface area contributed by atoms with Crippen LogP contribution >= 0.6 is 0 Å². The highest BCUT2D eigenvalue weighted by Crippen LogP contribution is 2.16. The van der Waals surface area contributed by atoms with Gasteiger partial charge in [0, 0.05) is 37.4 Å². The van der Waals surface area contributed by atoms with Crippen LogP contribution in [0.3, 0.4) is 0 Å². The van der Waals surface area contributed by atoms with Crippen LogP contribution in [0.25, 0.3) is 0 Å². The van der Waals surface area contributed by atoms with E-state index < -0.39 is 0 Å². The van der Waals surface area contributed by atoms with Crippen LogP contribution in [0, 0.1) is 11.5 Å². The number of aliphatic imine (C=N–C) groups is 1. The molecule has 1 aromatic rings. The summed E-state index contributed by atoms with van der Waals surface area (Å²) in [5.74, 6) is 0.468. The summed E-state index contributed by atoms with van der Waals surface area (Å²) < 4.78 is 0. The summed E-state index contributed by atoms with van der Waals surface area (Å²) in [6.45, 7) is 6.00. The minimum Gasteiger partial charge on any atom is -0.396 e. The van der Waals surface area contributed by atoms with Crippen LogP contribution < -0.4 is 5.32 Å². The number of carbonyl (C=O) groups is 1. The summed E-state index contributed by atoms with van der Waals surface area (Å²) in [7, 11) is 0. The lowest BCUT2D eigenvalue weighted by molar-refractivity contribution is 0.0970. The molecule has 0 aliphatic heterocycles. The van der Waals surface area contributed by atoms with Crippen LogP contribution in [0.15, 0.2) is 23.5 Å². The fraction of sp³-hybridized carbons (Fsp3) is 0.529. The van der Waals surface area contributed by atoms with Crippen molar-refractivity contribution in [3.63, 3.8) is 0 Å². The third-order valence-corrected chi connectivity index (χ3v) is 3.63. The Kier molecular flexibility index (Phi) is 7.36. The van der Waals surface area contributed by atoms with Gasteiger partial charge in [-0.3, -0.25) is 20.1 Å². The number of amidine groups is 1. The Morgan fingerprint density at radius 3 is 2.87 bits per heavy atom. The first-order chi connectivity index (χ1) is 10.9. The Bertz CT molecular complexity index is 603. The Balaban J connectivity index is 3.06. The molecule has 0 saturated carbocycles. The number of Topliss-reactive ketones (excluding diaryl/α,β-unsaturated/α-hetero) is 1. The standard InChI is InChI=1S/C17H24N4O2/c1-4-17(2,3)21-16(20-12-18)10-13-7-8-19-11-14(13)15(23)6-5-9-22/h7-8,11,22H,4-6,9-10H2,1-3H3,(H,20,21). The molecule has 0 atom stereocenters. The van der Waals surface area contributed by atoms with Gasteiger partial charge in [0.05, 0.1) is 5.54 Å². The van der Waals surface area contributed by atoms with Gasteiger partial charge in [-0.15, -0.1) is 0 Å². The Labute approximate surface area is 137 Å². The maximum absolute atomic E-state index is 12.2. The third-order valence-electron chi connectivity index (χ3n) is 3.63. The van der Waals surface area contributed by atoms with Crippen molar-refractivity contribution in [3.8, 4) is 6.19 Å². The monoisotopic (exact) mass is 316 g/mol. The van der Waals surface area contributed by atoms with E-state index in [-0.39, 0.29) is 24.3 Å². The molecule has 1 aromatic heterocycles. The van der Waals surface area contributed by atoms with Gasteiger partial charge in [-0.2, -0.15) is 5.26 Å². The van der Waals surface area contributed by atoms with Crippen LogP contribution in [-0.2, 0) is 6.42 Å². The number of ketones is 1. The quantitative estimate of drug-likeness (QED) is 0.252. The molecule has 0 spiro atoms. The van der Waals surface area contributed by atoms with Crippen LogP contribution in [0.1, 0.15) is 56.0 Å². The van der Waals surface area contributed by atoms with Crippen molar-refractivity contribution in [1.29, 1.82) is 5.26 Å². The fourth-order valence-corrected chi connectivity index (χ4v) is 2.00. The van der Waals surface area contributed by atoms with Crippen LogP contribution in [0.2, 0.25) is 0 Å². The smallest absolute Gasteiger partial charge is 0.182 e. The van der Waals surface area contributed by atoms with Crippen molar-refractivity contribution in [2.24, 2.45) is 4.99 Å². The van der Waals surface area contributed by atoms with Crippen molar-refractivity contribution in [1.82, 2.24) is 10.3 Å². The third kappa shape index (κ3) is 6.17. The lowest BCUT2D eigenvalue weighted by Crippen LogP contribution is -2.27. The number of pyridine rings is 1. The highest BCUT2D eigenvalue weighted by Gasteiger charge is 2.17. The first-order valence-electron chi connectivity index (χ1n) is 7.74. The van der Waals surface area contributed by atoms with Gasteiger partial charge in [0.2, 0.25) is 0 Å². The second kappa shape index (κ2) is 9.01. The van der Waals surface area contributed by atoms with Gasteiger partial charge in [0.1, 0.15) is 5.84 Å². The molecular weight excluding hydrogens is 292 g/mol. The summed E-state index contributed by atoms with van der Waals surface area (Å²) >= 11 is 0.